The largest absolute Gasteiger partial charge is 0.573 e. The lowest BCUT2D eigenvalue weighted by atomic mass is 10.1. The van der Waals surface area contributed by atoms with Crippen LogP contribution in [0.1, 0.15) is 24.5 Å². The minimum absolute atomic E-state index is 0.0592. The zero-order valence-electron chi connectivity index (χ0n) is 14.7. The number of alkyl halides is 3. The van der Waals surface area contributed by atoms with Crippen molar-refractivity contribution in [2.24, 2.45) is 0 Å². The first-order valence-corrected chi connectivity index (χ1v) is 8.79. The maximum Gasteiger partial charge on any atom is 0.573 e. The number of nitrogens with one attached hydrogen (secondary N) is 1. The maximum atomic E-state index is 12.1. The van der Waals surface area contributed by atoms with Crippen LogP contribution < -0.4 is 14.8 Å². The number of ether oxygens (including phenoxy) is 2. The number of hydrogen-bond donors (Lipinski definition) is 2. The highest BCUT2D eigenvalue weighted by Crippen LogP contribution is 2.24. The van der Waals surface area contributed by atoms with E-state index < -0.39 is 12.5 Å². The average molecular weight is 418 g/mol. The van der Waals surface area contributed by atoms with Gasteiger partial charge in [-0.25, -0.2) is 0 Å². The highest BCUT2D eigenvalue weighted by atomic mass is 35.5. The Balaban J connectivity index is 1.66. The number of aliphatic hydroxyl groups is 1. The molecule has 152 valence electrons. The summed E-state index contributed by atoms with van der Waals surface area (Å²) in [7, 11) is 0. The van der Waals surface area contributed by atoms with Gasteiger partial charge in [-0.1, -0.05) is 23.7 Å². The fraction of sp³-hybridized carbons (Fsp3) is 0.316. The first kappa shape index (κ1) is 21.8. The minimum Gasteiger partial charge on any atom is -0.494 e. The van der Waals surface area contributed by atoms with Crippen molar-refractivity contribution < 1.29 is 32.5 Å². The lowest BCUT2D eigenvalue weighted by molar-refractivity contribution is -0.274. The molecular weight excluding hydrogens is 399 g/mol. The highest BCUT2D eigenvalue weighted by molar-refractivity contribution is 6.30. The van der Waals surface area contributed by atoms with E-state index in [0.717, 1.165) is 12.1 Å². The van der Waals surface area contributed by atoms with Gasteiger partial charge in [0.2, 0.25) is 5.91 Å². The van der Waals surface area contributed by atoms with Crippen LogP contribution in [0.25, 0.3) is 0 Å². The monoisotopic (exact) mass is 417 g/mol. The summed E-state index contributed by atoms with van der Waals surface area (Å²) in [6, 6.07) is 11.7. The molecule has 0 aliphatic rings. The van der Waals surface area contributed by atoms with Gasteiger partial charge in [0, 0.05) is 18.0 Å². The smallest absolute Gasteiger partial charge is 0.494 e. The van der Waals surface area contributed by atoms with Crippen molar-refractivity contribution in [1.29, 1.82) is 0 Å². The normalized spacial score (nSPS) is 12.3. The number of carbonyl (C=O) groups excluding carboxylic acids is 1. The molecule has 0 radical (unpaired) electrons. The molecule has 0 aliphatic heterocycles. The number of rotatable bonds is 9. The summed E-state index contributed by atoms with van der Waals surface area (Å²) >= 11 is 5.77. The van der Waals surface area contributed by atoms with Crippen LogP contribution in [0.5, 0.6) is 11.5 Å². The van der Waals surface area contributed by atoms with Crippen LogP contribution >= 0.6 is 11.6 Å². The highest BCUT2D eigenvalue weighted by Gasteiger charge is 2.31. The Morgan fingerprint density at radius 3 is 2.29 bits per heavy atom. The number of aliphatic hydroxyl groups excluding tert-OH is 1. The second kappa shape index (κ2) is 10.2. The van der Waals surface area contributed by atoms with Gasteiger partial charge in [-0.2, -0.15) is 0 Å². The average Bonchev–Trinajstić information content (AvgIpc) is 2.64. The van der Waals surface area contributed by atoms with Crippen LogP contribution in [0.4, 0.5) is 13.2 Å². The van der Waals surface area contributed by atoms with Crippen LogP contribution in [-0.4, -0.2) is 30.5 Å². The van der Waals surface area contributed by atoms with Crippen molar-refractivity contribution in [2.45, 2.75) is 25.3 Å². The van der Waals surface area contributed by atoms with E-state index in [2.05, 4.69) is 10.1 Å². The third-order valence-corrected chi connectivity index (χ3v) is 3.87. The molecule has 0 bridgehead atoms. The molecule has 1 atom stereocenters. The third kappa shape index (κ3) is 8.06. The molecule has 0 spiro atoms. The molecule has 0 aromatic heterocycles. The zero-order chi connectivity index (χ0) is 20.6. The molecule has 0 saturated heterocycles. The van der Waals surface area contributed by atoms with Crippen molar-refractivity contribution in [3.05, 3.63) is 59.1 Å². The van der Waals surface area contributed by atoms with E-state index in [9.17, 15) is 23.1 Å². The molecule has 0 saturated carbocycles. The van der Waals surface area contributed by atoms with Crippen molar-refractivity contribution >= 4 is 17.5 Å². The van der Waals surface area contributed by atoms with E-state index in [-0.39, 0.29) is 24.6 Å². The van der Waals surface area contributed by atoms with Gasteiger partial charge in [-0.15, -0.1) is 13.2 Å². The van der Waals surface area contributed by atoms with Gasteiger partial charge in [0.1, 0.15) is 11.5 Å². The molecule has 2 aromatic carbocycles. The van der Waals surface area contributed by atoms with E-state index >= 15 is 0 Å². The molecule has 0 aliphatic carbocycles. The summed E-state index contributed by atoms with van der Waals surface area (Å²) in [6.07, 6.45) is -5.13. The summed E-state index contributed by atoms with van der Waals surface area (Å²) in [5.41, 5.74) is 0.362. The molecule has 2 rings (SSSR count). The maximum absolute atomic E-state index is 12.1. The fourth-order valence-electron chi connectivity index (χ4n) is 2.26. The molecule has 9 heteroatoms. The second-order valence-electron chi connectivity index (χ2n) is 5.84. The van der Waals surface area contributed by atoms with E-state index in [1.54, 1.807) is 24.3 Å². The number of benzene rings is 2. The van der Waals surface area contributed by atoms with Gasteiger partial charge in [0.05, 0.1) is 12.7 Å². The lowest BCUT2D eigenvalue weighted by Gasteiger charge is -2.14. The Labute approximate surface area is 165 Å². The Morgan fingerprint density at radius 2 is 1.68 bits per heavy atom. The van der Waals surface area contributed by atoms with E-state index in [1.807, 2.05) is 0 Å². The standard InChI is InChI=1S/C19H19ClF3NO4/c20-14-5-9-15(10-6-14)27-11-1-2-18(26)24-12-17(25)13-3-7-16(8-4-13)28-19(21,22)23/h3-10,17,25H,1-2,11-12H2,(H,24,26). The minimum atomic E-state index is -4.77. The fourth-order valence-corrected chi connectivity index (χ4v) is 2.39. The van der Waals surface area contributed by atoms with Crippen molar-refractivity contribution in [1.82, 2.24) is 5.32 Å². The van der Waals surface area contributed by atoms with Crippen LogP contribution in [0.15, 0.2) is 48.5 Å². The SMILES string of the molecule is O=C(CCCOc1ccc(Cl)cc1)NCC(O)c1ccc(OC(F)(F)F)cc1. The predicted octanol–water partition coefficient (Wildman–Crippen LogP) is 4.25. The Bertz CT molecular complexity index is 751. The first-order chi connectivity index (χ1) is 13.2. The second-order valence-corrected chi connectivity index (χ2v) is 6.28. The first-order valence-electron chi connectivity index (χ1n) is 8.42. The number of carbonyl (C=O) groups is 1. The van der Waals surface area contributed by atoms with Crippen LogP contribution in [0.3, 0.4) is 0 Å². The molecule has 28 heavy (non-hydrogen) atoms. The van der Waals surface area contributed by atoms with Gasteiger partial charge in [-0.3, -0.25) is 4.79 Å². The Morgan fingerprint density at radius 1 is 1.07 bits per heavy atom. The molecule has 1 unspecified atom stereocenters. The van der Waals surface area contributed by atoms with Gasteiger partial charge < -0.3 is 19.9 Å². The Hall–Kier alpha value is -2.45. The Kier molecular flexibility index (Phi) is 7.95. The molecule has 1 amide bonds. The van der Waals surface area contributed by atoms with Crippen LogP contribution in [-0.2, 0) is 4.79 Å². The summed E-state index contributed by atoms with van der Waals surface area (Å²) in [5.74, 6) is 0.00198. The van der Waals surface area contributed by atoms with E-state index in [1.165, 1.54) is 12.1 Å². The van der Waals surface area contributed by atoms with Crippen molar-refractivity contribution in [2.75, 3.05) is 13.2 Å². The van der Waals surface area contributed by atoms with Gasteiger partial charge in [-0.05, 0) is 48.4 Å². The van der Waals surface area contributed by atoms with Gasteiger partial charge in [0.15, 0.2) is 0 Å². The van der Waals surface area contributed by atoms with Gasteiger partial charge in [0.25, 0.3) is 0 Å². The molecule has 0 heterocycles. The number of halogens is 4. The molecule has 0 fully saturated rings. The zero-order valence-corrected chi connectivity index (χ0v) is 15.5. The number of hydrogen-bond acceptors (Lipinski definition) is 4. The lowest BCUT2D eigenvalue weighted by Crippen LogP contribution is -2.28. The van der Waals surface area contributed by atoms with Crippen molar-refractivity contribution in [3.8, 4) is 11.5 Å². The summed E-state index contributed by atoms with van der Waals surface area (Å²) in [6.45, 7) is 0.286. The summed E-state index contributed by atoms with van der Waals surface area (Å²) in [4.78, 5) is 11.8. The van der Waals surface area contributed by atoms with Crippen LogP contribution in [0.2, 0.25) is 5.02 Å². The van der Waals surface area contributed by atoms with E-state index in [4.69, 9.17) is 16.3 Å². The molecular formula is C19H19ClF3NO4. The molecule has 2 N–H and O–H groups in total. The van der Waals surface area contributed by atoms with Gasteiger partial charge >= 0.3 is 6.36 Å². The predicted molar refractivity (Wildman–Crippen MR) is 97.3 cm³/mol. The quantitative estimate of drug-likeness (QED) is 0.599. The summed E-state index contributed by atoms with van der Waals surface area (Å²) < 4.78 is 45.6. The molecule has 2 aromatic rings. The van der Waals surface area contributed by atoms with Crippen LogP contribution in [0, 0.1) is 0 Å². The summed E-state index contributed by atoms with van der Waals surface area (Å²) in [5, 5.41) is 13.2. The topological polar surface area (TPSA) is 67.8 Å². The number of amides is 1. The van der Waals surface area contributed by atoms with Crippen molar-refractivity contribution in [3.63, 3.8) is 0 Å². The van der Waals surface area contributed by atoms with E-state index in [0.29, 0.717) is 29.4 Å². The third-order valence-electron chi connectivity index (χ3n) is 3.62. The molecule has 5 nitrogen and oxygen atoms in total.